The number of benzene rings is 1. The smallest absolute Gasteiger partial charge is 0.225 e. The Labute approximate surface area is 156 Å². The highest BCUT2D eigenvalue weighted by Gasteiger charge is 2.34. The summed E-state index contributed by atoms with van der Waals surface area (Å²) in [4.78, 5) is 25.7. The van der Waals surface area contributed by atoms with Crippen LogP contribution in [-0.2, 0) is 14.3 Å². The van der Waals surface area contributed by atoms with Gasteiger partial charge in [-0.15, -0.1) is 0 Å². The Hall–Kier alpha value is -1.92. The van der Waals surface area contributed by atoms with Gasteiger partial charge in [0.15, 0.2) is 0 Å². The van der Waals surface area contributed by atoms with Crippen molar-refractivity contribution in [3.8, 4) is 0 Å². The molecule has 0 aliphatic carbocycles. The minimum Gasteiger partial charge on any atom is -0.386 e. The molecule has 0 aromatic heterocycles. The SMILES string of the molecule is CCC(C(OC)C(C)C(=O)NC(C)C(O)c1ccccc1)N(C=O)CC. The first kappa shape index (κ1) is 22.1. The molecule has 0 saturated carbocycles. The van der Waals surface area contributed by atoms with Crippen LogP contribution in [0.5, 0.6) is 0 Å². The molecule has 0 aliphatic rings. The van der Waals surface area contributed by atoms with E-state index in [-0.39, 0.29) is 11.9 Å². The van der Waals surface area contributed by atoms with E-state index in [1.54, 1.807) is 25.9 Å². The zero-order valence-corrected chi connectivity index (χ0v) is 16.4. The Morgan fingerprint density at radius 1 is 1.27 bits per heavy atom. The Morgan fingerprint density at radius 2 is 1.88 bits per heavy atom. The van der Waals surface area contributed by atoms with Crippen LogP contribution in [-0.4, -0.2) is 54.2 Å². The fourth-order valence-corrected chi connectivity index (χ4v) is 3.26. The minimum atomic E-state index is -0.794. The van der Waals surface area contributed by atoms with Crippen LogP contribution in [0, 0.1) is 5.92 Å². The maximum atomic E-state index is 12.7. The molecule has 0 aliphatic heterocycles. The highest BCUT2D eigenvalue weighted by atomic mass is 16.5. The van der Waals surface area contributed by atoms with E-state index < -0.39 is 24.2 Å². The van der Waals surface area contributed by atoms with Crippen molar-refractivity contribution >= 4 is 12.3 Å². The first-order valence-electron chi connectivity index (χ1n) is 9.18. The number of rotatable bonds is 11. The summed E-state index contributed by atoms with van der Waals surface area (Å²) in [6.45, 7) is 7.97. The second-order valence-electron chi connectivity index (χ2n) is 6.55. The van der Waals surface area contributed by atoms with E-state index in [2.05, 4.69) is 5.32 Å². The molecule has 0 heterocycles. The van der Waals surface area contributed by atoms with Gasteiger partial charge in [-0.3, -0.25) is 9.59 Å². The van der Waals surface area contributed by atoms with Crippen LogP contribution >= 0.6 is 0 Å². The van der Waals surface area contributed by atoms with Crippen LogP contribution in [0.15, 0.2) is 30.3 Å². The summed E-state index contributed by atoms with van der Waals surface area (Å²) in [7, 11) is 1.55. The third-order valence-electron chi connectivity index (χ3n) is 4.89. The van der Waals surface area contributed by atoms with Crippen molar-refractivity contribution in [2.75, 3.05) is 13.7 Å². The summed E-state index contributed by atoms with van der Waals surface area (Å²) >= 11 is 0. The first-order chi connectivity index (χ1) is 12.4. The molecule has 0 radical (unpaired) electrons. The van der Waals surface area contributed by atoms with Crippen LogP contribution in [0.4, 0.5) is 0 Å². The molecule has 5 atom stereocenters. The van der Waals surface area contributed by atoms with Crippen LogP contribution in [0.3, 0.4) is 0 Å². The van der Waals surface area contributed by atoms with Gasteiger partial charge in [0.05, 0.1) is 30.2 Å². The van der Waals surface area contributed by atoms with Gasteiger partial charge >= 0.3 is 0 Å². The summed E-state index contributed by atoms with van der Waals surface area (Å²) < 4.78 is 5.57. The monoisotopic (exact) mass is 364 g/mol. The van der Waals surface area contributed by atoms with Crippen LogP contribution < -0.4 is 5.32 Å². The fraction of sp³-hybridized carbons (Fsp3) is 0.600. The molecule has 0 saturated heterocycles. The molecule has 0 fully saturated rings. The molecule has 6 heteroatoms. The van der Waals surface area contributed by atoms with Crippen molar-refractivity contribution in [3.63, 3.8) is 0 Å². The topological polar surface area (TPSA) is 78.9 Å². The summed E-state index contributed by atoms with van der Waals surface area (Å²) in [5, 5.41) is 13.3. The molecule has 6 nitrogen and oxygen atoms in total. The van der Waals surface area contributed by atoms with Crippen molar-refractivity contribution in [1.29, 1.82) is 0 Å². The van der Waals surface area contributed by atoms with Crippen molar-refractivity contribution in [1.82, 2.24) is 10.2 Å². The van der Waals surface area contributed by atoms with Crippen molar-refractivity contribution in [3.05, 3.63) is 35.9 Å². The van der Waals surface area contributed by atoms with Gasteiger partial charge in [-0.1, -0.05) is 44.2 Å². The van der Waals surface area contributed by atoms with E-state index in [1.165, 1.54) is 0 Å². The lowest BCUT2D eigenvalue weighted by molar-refractivity contribution is -0.136. The number of ether oxygens (including phenoxy) is 1. The quantitative estimate of drug-likeness (QED) is 0.590. The van der Waals surface area contributed by atoms with Gasteiger partial charge in [0, 0.05) is 13.7 Å². The van der Waals surface area contributed by atoms with Crippen molar-refractivity contribution in [2.24, 2.45) is 5.92 Å². The number of nitrogens with zero attached hydrogens (tertiary/aromatic N) is 1. The Morgan fingerprint density at radius 3 is 2.35 bits per heavy atom. The number of carbonyl (C=O) groups is 2. The zero-order valence-electron chi connectivity index (χ0n) is 16.4. The van der Waals surface area contributed by atoms with Crippen LogP contribution in [0.25, 0.3) is 0 Å². The molecule has 2 amide bonds. The Bertz CT molecular complexity index is 552. The fourth-order valence-electron chi connectivity index (χ4n) is 3.26. The number of amides is 2. The van der Waals surface area contributed by atoms with Gasteiger partial charge < -0.3 is 20.1 Å². The average Bonchev–Trinajstić information content (AvgIpc) is 2.67. The van der Waals surface area contributed by atoms with Gasteiger partial charge in [0.1, 0.15) is 0 Å². The molecule has 0 bridgehead atoms. The molecule has 146 valence electrons. The lowest BCUT2D eigenvalue weighted by Crippen LogP contribution is -2.51. The molecular formula is C20H32N2O4. The number of likely N-dealkylation sites (N-methyl/N-ethyl adjacent to an activating group) is 1. The molecule has 0 spiro atoms. The van der Waals surface area contributed by atoms with Gasteiger partial charge in [0.25, 0.3) is 0 Å². The van der Waals surface area contributed by atoms with E-state index in [0.717, 1.165) is 12.0 Å². The lowest BCUT2D eigenvalue weighted by Gasteiger charge is -2.36. The van der Waals surface area contributed by atoms with E-state index in [0.29, 0.717) is 13.0 Å². The van der Waals surface area contributed by atoms with E-state index in [1.807, 2.05) is 44.2 Å². The molecule has 5 unspecified atom stereocenters. The predicted molar refractivity (Wildman–Crippen MR) is 101 cm³/mol. The second kappa shape index (κ2) is 10.9. The largest absolute Gasteiger partial charge is 0.386 e. The highest BCUT2D eigenvalue weighted by Crippen LogP contribution is 2.21. The van der Waals surface area contributed by atoms with Crippen LogP contribution in [0.1, 0.15) is 45.8 Å². The first-order valence-corrected chi connectivity index (χ1v) is 9.18. The lowest BCUT2D eigenvalue weighted by atomic mass is 9.93. The standard InChI is InChI=1S/C20H32N2O4/c1-6-17(22(7-2)13-23)19(26-5)14(3)20(25)21-15(4)18(24)16-11-9-8-10-12-16/h8-15,17-19,24H,6-7H2,1-5H3,(H,21,25). The number of aliphatic hydroxyl groups excluding tert-OH is 1. The van der Waals surface area contributed by atoms with E-state index in [4.69, 9.17) is 4.74 Å². The average molecular weight is 364 g/mol. The number of hydrogen-bond acceptors (Lipinski definition) is 4. The van der Waals surface area contributed by atoms with Crippen LogP contribution in [0.2, 0.25) is 0 Å². The third kappa shape index (κ3) is 5.54. The summed E-state index contributed by atoms with van der Waals surface area (Å²) in [6.07, 6.45) is 0.265. The molecule has 1 aromatic rings. The molecule has 1 rings (SSSR count). The highest BCUT2D eigenvalue weighted by molar-refractivity contribution is 5.79. The van der Waals surface area contributed by atoms with Crippen molar-refractivity contribution < 1.29 is 19.4 Å². The number of hydrogen-bond donors (Lipinski definition) is 2. The predicted octanol–water partition coefficient (Wildman–Crippen LogP) is 2.13. The van der Waals surface area contributed by atoms with Gasteiger partial charge in [-0.25, -0.2) is 0 Å². The summed E-state index contributed by atoms with van der Waals surface area (Å²) in [5.74, 6) is -0.677. The number of methoxy groups -OCH3 is 1. The van der Waals surface area contributed by atoms with Crippen molar-refractivity contribution in [2.45, 2.75) is 58.4 Å². The zero-order chi connectivity index (χ0) is 19.7. The summed E-state index contributed by atoms with van der Waals surface area (Å²) in [6, 6.07) is 8.59. The Kier molecular flexibility index (Phi) is 9.30. The number of nitrogens with one attached hydrogen (secondary N) is 1. The van der Waals surface area contributed by atoms with Gasteiger partial charge in [0.2, 0.25) is 12.3 Å². The van der Waals surface area contributed by atoms with E-state index in [9.17, 15) is 14.7 Å². The molecular weight excluding hydrogens is 332 g/mol. The number of carbonyl (C=O) groups excluding carboxylic acids is 2. The minimum absolute atomic E-state index is 0.183. The maximum Gasteiger partial charge on any atom is 0.225 e. The van der Waals surface area contributed by atoms with Gasteiger partial charge in [-0.2, -0.15) is 0 Å². The van der Waals surface area contributed by atoms with Gasteiger partial charge in [-0.05, 0) is 25.8 Å². The molecule has 1 aromatic carbocycles. The normalized spacial score (nSPS) is 16.8. The molecule has 2 N–H and O–H groups in total. The Balaban J connectivity index is 2.81. The summed E-state index contributed by atoms with van der Waals surface area (Å²) in [5.41, 5.74) is 0.751. The molecule has 26 heavy (non-hydrogen) atoms. The number of aliphatic hydroxyl groups is 1. The maximum absolute atomic E-state index is 12.7. The second-order valence-corrected chi connectivity index (χ2v) is 6.55. The van der Waals surface area contributed by atoms with E-state index >= 15 is 0 Å². The third-order valence-corrected chi connectivity index (χ3v) is 4.89.